The first kappa shape index (κ1) is 11.5. The molecule has 0 aliphatic heterocycles. The van der Waals surface area contributed by atoms with Gasteiger partial charge in [-0.3, -0.25) is 4.55 Å². The Hall–Kier alpha value is -0.580. The molecule has 1 aromatic carbocycles. The van der Waals surface area contributed by atoms with Crippen molar-refractivity contribution in [2.45, 2.75) is 24.7 Å². The molecule has 0 aliphatic carbocycles. The van der Waals surface area contributed by atoms with Crippen molar-refractivity contribution in [3.05, 3.63) is 28.8 Å². The predicted octanol–water partition coefficient (Wildman–Crippen LogP) is 2.54. The molecule has 0 fully saturated rings. The van der Waals surface area contributed by atoms with Crippen molar-refractivity contribution in [2.24, 2.45) is 0 Å². The summed E-state index contributed by atoms with van der Waals surface area (Å²) in [4.78, 5) is -0.164. The zero-order valence-corrected chi connectivity index (χ0v) is 9.27. The van der Waals surface area contributed by atoms with Gasteiger partial charge in [-0.1, -0.05) is 31.0 Å². The molecule has 1 rings (SSSR count). The van der Waals surface area contributed by atoms with E-state index in [0.717, 1.165) is 18.4 Å². The highest BCUT2D eigenvalue weighted by atomic mass is 35.5. The Kier molecular flexibility index (Phi) is 3.53. The van der Waals surface area contributed by atoms with Crippen molar-refractivity contribution in [2.75, 3.05) is 0 Å². The third kappa shape index (κ3) is 2.70. The van der Waals surface area contributed by atoms with Crippen molar-refractivity contribution in [1.82, 2.24) is 0 Å². The van der Waals surface area contributed by atoms with Crippen LogP contribution in [0.5, 0.6) is 0 Å². The van der Waals surface area contributed by atoms with Crippen LogP contribution in [0.25, 0.3) is 0 Å². The molecule has 3 nitrogen and oxygen atoms in total. The average molecular weight is 235 g/mol. The van der Waals surface area contributed by atoms with Gasteiger partial charge in [0.25, 0.3) is 10.1 Å². The number of hydrogen-bond acceptors (Lipinski definition) is 2. The van der Waals surface area contributed by atoms with Crippen LogP contribution < -0.4 is 0 Å². The molecule has 0 amide bonds. The summed E-state index contributed by atoms with van der Waals surface area (Å²) in [5, 5.41) is 0.377. The molecule has 0 atom stereocenters. The minimum absolute atomic E-state index is 0.164. The monoisotopic (exact) mass is 234 g/mol. The lowest BCUT2D eigenvalue weighted by atomic mass is 10.1. The van der Waals surface area contributed by atoms with E-state index in [1.165, 1.54) is 12.1 Å². The fourth-order valence-electron chi connectivity index (χ4n) is 1.16. The lowest BCUT2D eigenvalue weighted by molar-refractivity contribution is 0.483. The summed E-state index contributed by atoms with van der Waals surface area (Å²) in [5.41, 5.74) is 0.890. The molecule has 0 radical (unpaired) electrons. The van der Waals surface area contributed by atoms with Crippen LogP contribution in [0.2, 0.25) is 5.02 Å². The molecule has 5 heteroatoms. The second-order valence-corrected chi connectivity index (χ2v) is 4.81. The van der Waals surface area contributed by atoms with Gasteiger partial charge in [-0.05, 0) is 24.1 Å². The molecule has 0 aliphatic rings. The second kappa shape index (κ2) is 4.29. The van der Waals surface area contributed by atoms with Crippen molar-refractivity contribution >= 4 is 21.7 Å². The summed E-state index contributed by atoms with van der Waals surface area (Å²) in [6.07, 6.45) is 1.73. The van der Waals surface area contributed by atoms with Crippen LogP contribution in [0.1, 0.15) is 18.9 Å². The van der Waals surface area contributed by atoms with E-state index in [-0.39, 0.29) is 4.90 Å². The second-order valence-electron chi connectivity index (χ2n) is 2.98. The van der Waals surface area contributed by atoms with Gasteiger partial charge in [0.05, 0.1) is 4.90 Å². The molecule has 78 valence electrons. The maximum atomic E-state index is 10.8. The van der Waals surface area contributed by atoms with Crippen LogP contribution in [0.3, 0.4) is 0 Å². The van der Waals surface area contributed by atoms with Gasteiger partial charge in [-0.25, -0.2) is 0 Å². The highest BCUT2D eigenvalue weighted by molar-refractivity contribution is 7.85. The van der Waals surface area contributed by atoms with E-state index in [1.54, 1.807) is 6.07 Å². The molecule has 1 aromatic rings. The van der Waals surface area contributed by atoms with Gasteiger partial charge in [-0.15, -0.1) is 0 Å². The lowest BCUT2D eigenvalue weighted by Gasteiger charge is -2.03. The Morgan fingerprint density at radius 2 is 2.07 bits per heavy atom. The van der Waals surface area contributed by atoms with E-state index in [9.17, 15) is 8.42 Å². The molecule has 0 saturated heterocycles. The molecular weight excluding hydrogens is 224 g/mol. The largest absolute Gasteiger partial charge is 0.294 e. The summed E-state index contributed by atoms with van der Waals surface area (Å²) in [6.45, 7) is 2.01. The number of aryl methyl sites for hydroxylation is 1. The van der Waals surface area contributed by atoms with E-state index in [2.05, 4.69) is 0 Å². The Balaban J connectivity index is 3.13. The molecular formula is C9H11ClO3S. The first-order valence-electron chi connectivity index (χ1n) is 4.21. The molecule has 14 heavy (non-hydrogen) atoms. The maximum absolute atomic E-state index is 10.8. The van der Waals surface area contributed by atoms with Gasteiger partial charge in [0.2, 0.25) is 0 Å². The lowest BCUT2D eigenvalue weighted by Crippen LogP contribution is -1.98. The zero-order valence-electron chi connectivity index (χ0n) is 7.70. The Bertz CT molecular complexity index is 426. The SMILES string of the molecule is CCCc1ccc(S(=O)(=O)O)cc1Cl. The fourth-order valence-corrected chi connectivity index (χ4v) is 2.01. The summed E-state index contributed by atoms with van der Waals surface area (Å²) in [7, 11) is -4.14. The minimum atomic E-state index is -4.14. The molecule has 0 unspecified atom stereocenters. The maximum Gasteiger partial charge on any atom is 0.294 e. The Labute approximate surface area is 88.5 Å². The third-order valence-electron chi connectivity index (χ3n) is 1.84. The van der Waals surface area contributed by atoms with Gasteiger partial charge in [-0.2, -0.15) is 8.42 Å². The van der Waals surface area contributed by atoms with Crippen LogP contribution >= 0.6 is 11.6 Å². The minimum Gasteiger partial charge on any atom is -0.282 e. The van der Waals surface area contributed by atoms with Gasteiger partial charge >= 0.3 is 0 Å². The van der Waals surface area contributed by atoms with Crippen LogP contribution in [-0.2, 0) is 16.5 Å². The van der Waals surface area contributed by atoms with Crippen molar-refractivity contribution in [3.63, 3.8) is 0 Å². The highest BCUT2D eigenvalue weighted by Crippen LogP contribution is 2.21. The summed E-state index contributed by atoms with van der Waals surface area (Å²) >= 11 is 5.84. The van der Waals surface area contributed by atoms with E-state index < -0.39 is 10.1 Å². The first-order chi connectivity index (χ1) is 6.45. The van der Waals surface area contributed by atoms with Gasteiger partial charge < -0.3 is 0 Å². The third-order valence-corrected chi connectivity index (χ3v) is 3.04. The van der Waals surface area contributed by atoms with Crippen LogP contribution in [0, 0.1) is 0 Å². The van der Waals surface area contributed by atoms with Crippen LogP contribution in [0.15, 0.2) is 23.1 Å². The number of rotatable bonds is 3. The van der Waals surface area contributed by atoms with Gasteiger partial charge in [0.1, 0.15) is 0 Å². The van der Waals surface area contributed by atoms with E-state index in [0.29, 0.717) is 5.02 Å². The molecule has 0 aromatic heterocycles. The standard InChI is InChI=1S/C9H11ClO3S/c1-2-3-7-4-5-8(6-9(7)10)14(11,12)13/h4-6H,2-3H2,1H3,(H,11,12,13). The van der Waals surface area contributed by atoms with E-state index in [1.807, 2.05) is 6.92 Å². The smallest absolute Gasteiger partial charge is 0.282 e. The highest BCUT2D eigenvalue weighted by Gasteiger charge is 2.11. The molecule has 1 N–H and O–H groups in total. The topological polar surface area (TPSA) is 54.4 Å². The number of hydrogen-bond donors (Lipinski definition) is 1. The van der Waals surface area contributed by atoms with E-state index >= 15 is 0 Å². The number of benzene rings is 1. The average Bonchev–Trinajstić information content (AvgIpc) is 2.07. The Morgan fingerprint density at radius 3 is 2.50 bits per heavy atom. The fraction of sp³-hybridized carbons (Fsp3) is 0.333. The molecule has 0 bridgehead atoms. The van der Waals surface area contributed by atoms with Crippen LogP contribution in [-0.4, -0.2) is 13.0 Å². The van der Waals surface area contributed by atoms with Crippen molar-refractivity contribution in [1.29, 1.82) is 0 Å². The summed E-state index contributed by atoms with van der Waals surface area (Å²) in [5.74, 6) is 0. The van der Waals surface area contributed by atoms with E-state index in [4.69, 9.17) is 16.2 Å². The summed E-state index contributed by atoms with van der Waals surface area (Å²) < 4.78 is 30.3. The van der Waals surface area contributed by atoms with Crippen molar-refractivity contribution < 1.29 is 13.0 Å². The Morgan fingerprint density at radius 1 is 1.43 bits per heavy atom. The molecule has 0 saturated carbocycles. The van der Waals surface area contributed by atoms with Gasteiger partial charge in [0, 0.05) is 5.02 Å². The number of halogens is 1. The summed E-state index contributed by atoms with van der Waals surface area (Å²) in [6, 6.07) is 4.24. The van der Waals surface area contributed by atoms with Crippen molar-refractivity contribution in [3.8, 4) is 0 Å². The predicted molar refractivity (Wildman–Crippen MR) is 55.3 cm³/mol. The van der Waals surface area contributed by atoms with Gasteiger partial charge in [0.15, 0.2) is 0 Å². The van der Waals surface area contributed by atoms with Crippen LogP contribution in [0.4, 0.5) is 0 Å². The normalized spacial score (nSPS) is 11.6. The zero-order chi connectivity index (χ0) is 10.8. The quantitative estimate of drug-likeness (QED) is 0.818. The molecule has 0 heterocycles. The molecule has 0 spiro atoms. The first-order valence-corrected chi connectivity index (χ1v) is 6.03.